The van der Waals surface area contributed by atoms with E-state index in [0.29, 0.717) is 0 Å². The van der Waals surface area contributed by atoms with Crippen molar-refractivity contribution in [2.45, 2.75) is 30.7 Å². The summed E-state index contributed by atoms with van der Waals surface area (Å²) in [6, 6.07) is 14.8. The molecule has 1 fully saturated rings. The number of hydrogen-bond donors (Lipinski definition) is 4. The quantitative estimate of drug-likeness (QED) is 0.414. The van der Waals surface area contributed by atoms with Crippen LogP contribution in [-0.4, -0.2) is 63.7 Å². The Morgan fingerprint density at radius 2 is 1.66 bits per heavy atom. The van der Waals surface area contributed by atoms with Crippen molar-refractivity contribution >= 4 is 12.0 Å². The highest BCUT2D eigenvalue weighted by molar-refractivity contribution is 5.87. The predicted octanol–water partition coefficient (Wildman–Crippen LogP) is 0.835. The number of aliphatic hydroxyl groups excluding tert-OH is 3. The molecule has 0 saturated carbocycles. The number of rotatable bonds is 6. The molecular formula is C21H22O8. The first-order valence-electron chi connectivity index (χ1n) is 8.99. The number of phenols is 1. The Morgan fingerprint density at radius 1 is 0.966 bits per heavy atom. The second-order valence-electron chi connectivity index (χ2n) is 6.50. The van der Waals surface area contributed by atoms with E-state index in [1.165, 1.54) is 30.3 Å². The van der Waals surface area contributed by atoms with Gasteiger partial charge in [0.1, 0.15) is 42.5 Å². The van der Waals surface area contributed by atoms with Gasteiger partial charge in [0, 0.05) is 6.08 Å². The van der Waals surface area contributed by atoms with E-state index < -0.39 is 36.7 Å². The average Bonchev–Trinajstić information content (AvgIpc) is 2.74. The summed E-state index contributed by atoms with van der Waals surface area (Å²) in [5.74, 6) is -0.343. The molecule has 0 spiro atoms. The maximum absolute atomic E-state index is 11.9. The van der Waals surface area contributed by atoms with Crippen LogP contribution in [0.4, 0.5) is 0 Å². The van der Waals surface area contributed by atoms with Crippen molar-refractivity contribution in [2.24, 2.45) is 0 Å². The standard InChI is InChI=1S/C21H22O8/c22-14-7-9-15(10-8-14)28-21-20(26)19(25)18(24)16(29-21)12-27-17(23)11-6-13-4-2-1-3-5-13/h1-11,16,18-22,24-26H,12H2/b11-6+/t16-,18-,19+,20-,21-/m1/s1. The number of ether oxygens (including phenoxy) is 3. The molecule has 0 amide bonds. The normalized spacial score (nSPS) is 26.9. The summed E-state index contributed by atoms with van der Waals surface area (Å²) >= 11 is 0. The van der Waals surface area contributed by atoms with E-state index in [0.717, 1.165) is 5.56 Å². The lowest BCUT2D eigenvalue weighted by atomic mass is 9.99. The molecule has 0 aliphatic carbocycles. The lowest BCUT2D eigenvalue weighted by molar-refractivity contribution is -0.278. The van der Waals surface area contributed by atoms with Crippen LogP contribution in [-0.2, 0) is 14.3 Å². The summed E-state index contributed by atoms with van der Waals surface area (Å²) in [6.45, 7) is -0.349. The van der Waals surface area contributed by atoms with Crippen molar-refractivity contribution < 1.29 is 39.4 Å². The molecule has 0 aromatic heterocycles. The van der Waals surface area contributed by atoms with Crippen LogP contribution in [0.25, 0.3) is 6.08 Å². The highest BCUT2D eigenvalue weighted by Gasteiger charge is 2.45. The molecule has 0 unspecified atom stereocenters. The first-order valence-corrected chi connectivity index (χ1v) is 8.99. The van der Waals surface area contributed by atoms with Gasteiger partial charge in [-0.15, -0.1) is 0 Å². The number of aromatic hydroxyl groups is 1. The minimum Gasteiger partial charge on any atom is -0.508 e. The molecule has 1 aliphatic heterocycles. The van der Waals surface area contributed by atoms with Gasteiger partial charge in [0.25, 0.3) is 0 Å². The van der Waals surface area contributed by atoms with Gasteiger partial charge >= 0.3 is 5.97 Å². The van der Waals surface area contributed by atoms with E-state index in [2.05, 4.69) is 0 Å². The second-order valence-corrected chi connectivity index (χ2v) is 6.50. The van der Waals surface area contributed by atoms with Crippen LogP contribution >= 0.6 is 0 Å². The molecule has 1 saturated heterocycles. The Balaban J connectivity index is 1.58. The number of phenolic OH excluding ortho intramolecular Hbond substituents is 1. The average molecular weight is 402 g/mol. The molecule has 29 heavy (non-hydrogen) atoms. The predicted molar refractivity (Wildman–Crippen MR) is 102 cm³/mol. The summed E-state index contributed by atoms with van der Waals surface area (Å²) in [7, 11) is 0. The van der Waals surface area contributed by atoms with Crippen molar-refractivity contribution in [3.63, 3.8) is 0 Å². The molecule has 3 rings (SSSR count). The lowest BCUT2D eigenvalue weighted by Crippen LogP contribution is -2.60. The van der Waals surface area contributed by atoms with Crippen LogP contribution in [0.3, 0.4) is 0 Å². The van der Waals surface area contributed by atoms with Crippen LogP contribution in [0, 0.1) is 0 Å². The Kier molecular flexibility index (Phi) is 6.84. The molecule has 1 heterocycles. The fraction of sp³-hybridized carbons (Fsp3) is 0.286. The fourth-order valence-electron chi connectivity index (χ4n) is 2.75. The third-order valence-corrected chi connectivity index (χ3v) is 4.36. The van der Waals surface area contributed by atoms with E-state index in [1.54, 1.807) is 6.08 Å². The molecule has 8 heteroatoms. The van der Waals surface area contributed by atoms with Gasteiger partial charge in [0.15, 0.2) is 0 Å². The van der Waals surface area contributed by atoms with Crippen LogP contribution < -0.4 is 4.74 Å². The van der Waals surface area contributed by atoms with Crippen LogP contribution in [0.5, 0.6) is 11.5 Å². The molecule has 2 aromatic rings. The number of hydrogen-bond acceptors (Lipinski definition) is 8. The molecular weight excluding hydrogens is 380 g/mol. The zero-order valence-corrected chi connectivity index (χ0v) is 15.4. The number of carbonyl (C=O) groups excluding carboxylic acids is 1. The van der Waals surface area contributed by atoms with Gasteiger partial charge in [-0.2, -0.15) is 0 Å². The van der Waals surface area contributed by atoms with Crippen LogP contribution in [0.1, 0.15) is 5.56 Å². The summed E-state index contributed by atoms with van der Waals surface area (Å²) < 4.78 is 16.0. The van der Waals surface area contributed by atoms with Crippen LogP contribution in [0.15, 0.2) is 60.7 Å². The maximum atomic E-state index is 11.9. The van der Waals surface area contributed by atoms with Crippen molar-refractivity contribution in [1.29, 1.82) is 0 Å². The van der Waals surface area contributed by atoms with E-state index in [9.17, 15) is 25.2 Å². The maximum Gasteiger partial charge on any atom is 0.330 e. The zero-order valence-electron chi connectivity index (χ0n) is 15.4. The van der Waals surface area contributed by atoms with Crippen LogP contribution in [0.2, 0.25) is 0 Å². The third-order valence-electron chi connectivity index (χ3n) is 4.36. The molecule has 4 N–H and O–H groups in total. The summed E-state index contributed by atoms with van der Waals surface area (Å²) in [5, 5.41) is 39.6. The van der Waals surface area contributed by atoms with Gasteiger partial charge in [-0.3, -0.25) is 0 Å². The van der Waals surface area contributed by atoms with Gasteiger partial charge in [-0.1, -0.05) is 30.3 Å². The molecule has 8 nitrogen and oxygen atoms in total. The number of carbonyl (C=O) groups is 1. The van der Waals surface area contributed by atoms with Gasteiger partial charge < -0.3 is 34.6 Å². The van der Waals surface area contributed by atoms with E-state index in [1.807, 2.05) is 30.3 Å². The molecule has 2 aromatic carbocycles. The summed E-state index contributed by atoms with van der Waals surface area (Å²) in [5.41, 5.74) is 0.819. The van der Waals surface area contributed by atoms with Crippen molar-refractivity contribution in [2.75, 3.05) is 6.61 Å². The van der Waals surface area contributed by atoms with Crippen molar-refractivity contribution in [1.82, 2.24) is 0 Å². The molecule has 154 valence electrons. The monoisotopic (exact) mass is 402 g/mol. The SMILES string of the molecule is O=C(/C=C/c1ccccc1)OC[C@H]1O[C@@H](Oc2ccc(O)cc2)[C@H](O)[C@@H](O)[C@@H]1O. The second kappa shape index (κ2) is 9.53. The number of aliphatic hydroxyl groups is 3. The fourth-order valence-corrected chi connectivity index (χ4v) is 2.75. The Morgan fingerprint density at radius 3 is 2.34 bits per heavy atom. The van der Waals surface area contributed by atoms with Gasteiger partial charge in [-0.05, 0) is 35.9 Å². The van der Waals surface area contributed by atoms with Crippen molar-refractivity contribution in [3.05, 3.63) is 66.2 Å². The molecule has 5 atom stereocenters. The number of esters is 1. The van der Waals surface area contributed by atoms with E-state index >= 15 is 0 Å². The Bertz CT molecular complexity index is 820. The first kappa shape index (κ1) is 20.8. The summed E-state index contributed by atoms with van der Waals surface area (Å²) in [4.78, 5) is 11.9. The highest BCUT2D eigenvalue weighted by atomic mass is 16.7. The topological polar surface area (TPSA) is 126 Å². The van der Waals surface area contributed by atoms with Gasteiger partial charge in [0.2, 0.25) is 6.29 Å². The third kappa shape index (κ3) is 5.55. The lowest BCUT2D eigenvalue weighted by Gasteiger charge is -2.39. The molecule has 1 aliphatic rings. The highest BCUT2D eigenvalue weighted by Crippen LogP contribution is 2.25. The Labute approximate surface area is 167 Å². The first-order chi connectivity index (χ1) is 13.9. The van der Waals surface area contributed by atoms with Crippen molar-refractivity contribution in [3.8, 4) is 11.5 Å². The van der Waals surface area contributed by atoms with Gasteiger partial charge in [0.05, 0.1) is 0 Å². The zero-order chi connectivity index (χ0) is 20.8. The molecule has 0 radical (unpaired) electrons. The summed E-state index contributed by atoms with van der Waals surface area (Å²) in [6.07, 6.45) is -4.16. The largest absolute Gasteiger partial charge is 0.508 e. The van der Waals surface area contributed by atoms with E-state index in [-0.39, 0.29) is 18.1 Å². The molecule has 0 bridgehead atoms. The Hall–Kier alpha value is -2.91. The van der Waals surface area contributed by atoms with Gasteiger partial charge in [-0.25, -0.2) is 4.79 Å². The smallest absolute Gasteiger partial charge is 0.330 e. The number of benzene rings is 2. The van der Waals surface area contributed by atoms with E-state index in [4.69, 9.17) is 14.2 Å². The minimum atomic E-state index is -1.56. The minimum absolute atomic E-state index is 0.0336.